The standard InChI is InChI=1S/C11H10ClN3O4S2/c1-6-7(12)3-2-4-8(6)21(18,19)15-11-13-9(14-20-11)5-10(16)17/h2-4H,5H2,1H3,(H,16,17)(H,13,14,15). The zero-order valence-corrected chi connectivity index (χ0v) is 13.1. The van der Waals surface area contributed by atoms with Crippen LogP contribution < -0.4 is 4.72 Å². The number of aliphatic carboxylic acids is 1. The van der Waals surface area contributed by atoms with E-state index in [0.717, 1.165) is 11.5 Å². The molecule has 7 nitrogen and oxygen atoms in total. The second kappa shape index (κ2) is 5.96. The zero-order valence-electron chi connectivity index (χ0n) is 10.7. The molecule has 1 aromatic heterocycles. The van der Waals surface area contributed by atoms with Crippen LogP contribution in [0.4, 0.5) is 5.13 Å². The molecule has 0 aliphatic heterocycles. The summed E-state index contributed by atoms with van der Waals surface area (Å²) in [6.45, 7) is 1.59. The number of aromatic nitrogens is 2. The number of benzene rings is 1. The molecule has 0 aliphatic rings. The molecule has 0 radical (unpaired) electrons. The van der Waals surface area contributed by atoms with Crippen molar-refractivity contribution < 1.29 is 18.3 Å². The highest BCUT2D eigenvalue weighted by Gasteiger charge is 2.20. The minimum atomic E-state index is -3.86. The molecule has 0 bridgehead atoms. The molecule has 0 amide bonds. The zero-order chi connectivity index (χ0) is 15.6. The molecule has 112 valence electrons. The minimum Gasteiger partial charge on any atom is -0.481 e. The predicted octanol–water partition coefficient (Wildman–Crippen LogP) is 1.93. The first-order valence-corrected chi connectivity index (χ1v) is 8.25. The summed E-state index contributed by atoms with van der Waals surface area (Å²) in [5.74, 6) is -1.04. The Hall–Kier alpha value is -1.71. The number of carbonyl (C=O) groups is 1. The molecule has 0 saturated carbocycles. The van der Waals surface area contributed by atoms with Gasteiger partial charge in [0.1, 0.15) is 6.42 Å². The summed E-state index contributed by atoms with van der Waals surface area (Å²) in [4.78, 5) is 14.4. The third kappa shape index (κ3) is 3.69. The van der Waals surface area contributed by atoms with Crippen molar-refractivity contribution in [3.05, 3.63) is 34.6 Å². The van der Waals surface area contributed by atoms with E-state index in [9.17, 15) is 13.2 Å². The predicted molar refractivity (Wildman–Crippen MR) is 78.2 cm³/mol. The van der Waals surface area contributed by atoms with E-state index < -0.39 is 16.0 Å². The maximum Gasteiger partial charge on any atom is 0.311 e. The highest BCUT2D eigenvalue weighted by molar-refractivity contribution is 7.93. The van der Waals surface area contributed by atoms with Gasteiger partial charge in [0.15, 0.2) is 5.82 Å². The van der Waals surface area contributed by atoms with Crippen LogP contribution in [0.5, 0.6) is 0 Å². The number of carboxylic acid groups (broad SMARTS) is 1. The lowest BCUT2D eigenvalue weighted by molar-refractivity contribution is -0.136. The van der Waals surface area contributed by atoms with Crippen LogP contribution in [-0.4, -0.2) is 28.9 Å². The number of hydrogen-bond donors (Lipinski definition) is 2. The molecule has 0 saturated heterocycles. The first kappa shape index (κ1) is 15.7. The van der Waals surface area contributed by atoms with Gasteiger partial charge >= 0.3 is 5.97 Å². The van der Waals surface area contributed by atoms with E-state index in [1.165, 1.54) is 12.1 Å². The average molecular weight is 348 g/mol. The lowest BCUT2D eigenvalue weighted by Gasteiger charge is -2.08. The van der Waals surface area contributed by atoms with E-state index in [1.54, 1.807) is 13.0 Å². The SMILES string of the molecule is Cc1c(Cl)cccc1S(=O)(=O)Nc1nc(CC(=O)O)ns1. The van der Waals surface area contributed by atoms with Crippen molar-refractivity contribution in [2.75, 3.05) is 4.72 Å². The van der Waals surface area contributed by atoms with Crippen LogP contribution in [0, 0.1) is 6.92 Å². The van der Waals surface area contributed by atoms with Crippen molar-refractivity contribution in [2.45, 2.75) is 18.2 Å². The number of rotatable bonds is 5. The van der Waals surface area contributed by atoms with E-state index in [4.69, 9.17) is 16.7 Å². The molecule has 0 fully saturated rings. The van der Waals surface area contributed by atoms with Gasteiger partial charge in [-0.15, -0.1) is 0 Å². The van der Waals surface area contributed by atoms with Gasteiger partial charge in [0.05, 0.1) is 4.90 Å². The Bertz CT molecular complexity index is 789. The fourth-order valence-corrected chi connectivity index (χ4v) is 3.86. The summed E-state index contributed by atoms with van der Waals surface area (Å²) >= 11 is 6.68. The maximum atomic E-state index is 12.3. The molecule has 1 heterocycles. The number of nitrogens with one attached hydrogen (secondary N) is 1. The summed E-state index contributed by atoms with van der Waals surface area (Å²) in [6, 6.07) is 4.54. The maximum absolute atomic E-state index is 12.3. The fourth-order valence-electron chi connectivity index (χ4n) is 1.55. The highest BCUT2D eigenvalue weighted by atomic mass is 35.5. The Morgan fingerprint density at radius 2 is 2.19 bits per heavy atom. The number of anilines is 1. The van der Waals surface area contributed by atoms with Crippen LogP contribution in [0.15, 0.2) is 23.1 Å². The molecule has 0 aliphatic carbocycles. The van der Waals surface area contributed by atoms with Gasteiger partial charge in [-0.05, 0) is 24.6 Å². The van der Waals surface area contributed by atoms with Gasteiger partial charge in [-0.2, -0.15) is 4.37 Å². The summed E-state index contributed by atoms with van der Waals surface area (Å²) < 4.78 is 30.6. The summed E-state index contributed by atoms with van der Waals surface area (Å²) in [7, 11) is -3.86. The first-order valence-electron chi connectivity index (χ1n) is 5.62. The topological polar surface area (TPSA) is 109 Å². The summed E-state index contributed by atoms with van der Waals surface area (Å²) in [5.41, 5.74) is 0.418. The van der Waals surface area contributed by atoms with Crippen molar-refractivity contribution in [2.24, 2.45) is 0 Å². The van der Waals surface area contributed by atoms with Crippen LogP contribution in [-0.2, 0) is 21.2 Å². The van der Waals surface area contributed by atoms with Gasteiger partial charge in [-0.3, -0.25) is 9.52 Å². The third-order valence-corrected chi connectivity index (χ3v) is 5.20. The molecule has 21 heavy (non-hydrogen) atoms. The lowest BCUT2D eigenvalue weighted by Crippen LogP contribution is -2.14. The smallest absolute Gasteiger partial charge is 0.311 e. The van der Waals surface area contributed by atoms with Gasteiger partial charge in [-0.1, -0.05) is 17.7 Å². The van der Waals surface area contributed by atoms with Crippen LogP contribution in [0.3, 0.4) is 0 Å². The Balaban J connectivity index is 2.27. The second-order valence-electron chi connectivity index (χ2n) is 4.05. The summed E-state index contributed by atoms with van der Waals surface area (Å²) in [5, 5.41) is 8.97. The first-order chi connectivity index (χ1) is 9.79. The number of hydrogen-bond acceptors (Lipinski definition) is 6. The van der Waals surface area contributed by atoms with Gasteiger partial charge in [0, 0.05) is 16.6 Å². The number of carboxylic acids is 1. The monoisotopic (exact) mass is 347 g/mol. The number of nitrogens with zero attached hydrogens (tertiary/aromatic N) is 2. The fraction of sp³-hybridized carbons (Fsp3) is 0.182. The molecular formula is C11H10ClN3O4S2. The van der Waals surface area contributed by atoms with Crippen LogP contribution >= 0.6 is 23.1 Å². The lowest BCUT2D eigenvalue weighted by atomic mass is 10.2. The quantitative estimate of drug-likeness (QED) is 0.855. The Morgan fingerprint density at radius 3 is 2.86 bits per heavy atom. The average Bonchev–Trinajstić information content (AvgIpc) is 2.78. The Morgan fingerprint density at radius 1 is 1.48 bits per heavy atom. The van der Waals surface area contributed by atoms with E-state index in [2.05, 4.69) is 14.1 Å². The van der Waals surface area contributed by atoms with E-state index >= 15 is 0 Å². The van der Waals surface area contributed by atoms with Crippen molar-refractivity contribution in [1.29, 1.82) is 0 Å². The number of sulfonamides is 1. The van der Waals surface area contributed by atoms with E-state index in [1.807, 2.05) is 0 Å². The molecule has 2 N–H and O–H groups in total. The van der Waals surface area contributed by atoms with Crippen molar-refractivity contribution in [3.8, 4) is 0 Å². The van der Waals surface area contributed by atoms with Gasteiger partial charge in [0.25, 0.3) is 10.0 Å². The molecule has 0 unspecified atom stereocenters. The third-order valence-electron chi connectivity index (χ3n) is 2.51. The largest absolute Gasteiger partial charge is 0.481 e. The summed E-state index contributed by atoms with van der Waals surface area (Å²) in [6.07, 6.45) is -0.367. The van der Waals surface area contributed by atoms with Crippen molar-refractivity contribution in [1.82, 2.24) is 9.36 Å². The van der Waals surface area contributed by atoms with E-state index in [-0.39, 0.29) is 22.3 Å². The van der Waals surface area contributed by atoms with Gasteiger partial charge in [-0.25, -0.2) is 13.4 Å². The molecule has 0 spiro atoms. The molecular weight excluding hydrogens is 338 g/mol. The molecule has 1 aromatic carbocycles. The molecule has 0 atom stereocenters. The molecule has 10 heteroatoms. The Labute approximate surface area is 129 Å². The molecule has 2 rings (SSSR count). The highest BCUT2D eigenvalue weighted by Crippen LogP contribution is 2.25. The second-order valence-corrected chi connectivity index (χ2v) is 6.86. The molecule has 2 aromatic rings. The van der Waals surface area contributed by atoms with Crippen molar-refractivity contribution in [3.63, 3.8) is 0 Å². The van der Waals surface area contributed by atoms with Gasteiger partial charge < -0.3 is 5.11 Å². The van der Waals surface area contributed by atoms with Gasteiger partial charge in [0.2, 0.25) is 5.13 Å². The minimum absolute atomic E-state index is 0.00521. The van der Waals surface area contributed by atoms with Crippen LogP contribution in [0.1, 0.15) is 11.4 Å². The van der Waals surface area contributed by atoms with Crippen LogP contribution in [0.2, 0.25) is 5.02 Å². The number of halogens is 1. The van der Waals surface area contributed by atoms with E-state index in [0.29, 0.717) is 10.6 Å². The normalized spacial score (nSPS) is 11.3. The van der Waals surface area contributed by atoms with Crippen molar-refractivity contribution >= 4 is 44.3 Å². The Kier molecular flexibility index (Phi) is 4.45. The van der Waals surface area contributed by atoms with Crippen LogP contribution in [0.25, 0.3) is 0 Å².